The second-order valence-corrected chi connectivity index (χ2v) is 5.66. The summed E-state index contributed by atoms with van der Waals surface area (Å²) >= 11 is 0. The van der Waals surface area contributed by atoms with E-state index in [1.807, 2.05) is 26.8 Å². The minimum atomic E-state index is -0.518. The molecule has 2 N–H and O–H groups in total. The van der Waals surface area contributed by atoms with Gasteiger partial charge in [-0.3, -0.25) is 0 Å². The van der Waals surface area contributed by atoms with Crippen LogP contribution in [0.5, 0.6) is 5.75 Å². The molecule has 2 rings (SSSR count). The van der Waals surface area contributed by atoms with Gasteiger partial charge in [-0.05, 0) is 12.1 Å². The molecule has 2 aromatic rings. The monoisotopic (exact) mass is 275 g/mol. The molecule has 0 saturated carbocycles. The second kappa shape index (κ2) is 5.07. The van der Waals surface area contributed by atoms with Crippen molar-refractivity contribution in [1.82, 2.24) is 9.97 Å². The van der Waals surface area contributed by atoms with Crippen molar-refractivity contribution in [3.8, 4) is 17.1 Å². The van der Waals surface area contributed by atoms with E-state index in [2.05, 4.69) is 15.3 Å². The minimum Gasteiger partial charge on any atom is -0.508 e. The van der Waals surface area contributed by atoms with Crippen LogP contribution in [0.15, 0.2) is 24.3 Å². The molecule has 1 heterocycles. The van der Waals surface area contributed by atoms with Gasteiger partial charge in [0.25, 0.3) is 0 Å². The zero-order valence-corrected chi connectivity index (χ0v) is 12.0. The first-order valence-corrected chi connectivity index (χ1v) is 6.37. The van der Waals surface area contributed by atoms with Gasteiger partial charge in [-0.1, -0.05) is 20.8 Å². The molecule has 1 aromatic carbocycles. The summed E-state index contributed by atoms with van der Waals surface area (Å²) < 4.78 is 13.4. The molecular formula is C15H18FN3O. The van der Waals surface area contributed by atoms with Gasteiger partial charge in [0.2, 0.25) is 0 Å². The van der Waals surface area contributed by atoms with E-state index in [0.717, 1.165) is 11.8 Å². The van der Waals surface area contributed by atoms with Crippen LogP contribution in [0.25, 0.3) is 11.4 Å². The number of nitrogens with zero attached hydrogens (tertiary/aromatic N) is 2. The number of anilines is 1. The number of halogens is 1. The van der Waals surface area contributed by atoms with E-state index in [1.165, 1.54) is 12.1 Å². The van der Waals surface area contributed by atoms with Crippen LogP contribution in [0.4, 0.5) is 10.2 Å². The molecule has 0 amide bonds. The van der Waals surface area contributed by atoms with Crippen molar-refractivity contribution in [3.63, 3.8) is 0 Å². The maximum Gasteiger partial charge on any atom is 0.162 e. The SMILES string of the molecule is CNc1cc(C(C)(C)C)nc(-c2cc(O)cc(F)c2)n1. The van der Waals surface area contributed by atoms with E-state index in [1.54, 1.807) is 7.05 Å². The fourth-order valence-electron chi connectivity index (χ4n) is 1.79. The summed E-state index contributed by atoms with van der Waals surface area (Å²) in [6.45, 7) is 6.13. The van der Waals surface area contributed by atoms with Gasteiger partial charge in [0.05, 0.1) is 5.69 Å². The molecule has 0 bridgehead atoms. The van der Waals surface area contributed by atoms with Gasteiger partial charge in [-0.15, -0.1) is 0 Å². The van der Waals surface area contributed by atoms with Crippen LogP contribution in [0.3, 0.4) is 0 Å². The van der Waals surface area contributed by atoms with Crippen LogP contribution >= 0.6 is 0 Å². The summed E-state index contributed by atoms with van der Waals surface area (Å²) in [5.74, 6) is 0.381. The third kappa shape index (κ3) is 3.04. The Bertz CT molecular complexity index is 615. The quantitative estimate of drug-likeness (QED) is 0.882. The first-order valence-electron chi connectivity index (χ1n) is 6.37. The molecule has 5 heteroatoms. The average molecular weight is 275 g/mol. The molecule has 4 nitrogen and oxygen atoms in total. The largest absolute Gasteiger partial charge is 0.508 e. The van der Waals surface area contributed by atoms with E-state index in [9.17, 15) is 9.50 Å². The predicted molar refractivity (Wildman–Crippen MR) is 77.3 cm³/mol. The highest BCUT2D eigenvalue weighted by Crippen LogP contribution is 2.27. The van der Waals surface area contributed by atoms with E-state index in [-0.39, 0.29) is 11.2 Å². The standard InChI is InChI=1S/C15H18FN3O/c1-15(2,3)12-8-13(17-4)19-14(18-12)9-5-10(16)7-11(20)6-9/h5-8,20H,1-4H3,(H,17,18,19). The van der Waals surface area contributed by atoms with Crippen LogP contribution in [0.1, 0.15) is 26.5 Å². The number of nitrogens with one attached hydrogen (secondary N) is 1. The number of aromatic hydroxyl groups is 1. The molecule has 0 saturated heterocycles. The van der Waals surface area contributed by atoms with Gasteiger partial charge < -0.3 is 10.4 Å². The molecule has 0 aliphatic carbocycles. The Morgan fingerprint density at radius 2 is 1.80 bits per heavy atom. The summed E-state index contributed by atoms with van der Waals surface area (Å²) in [7, 11) is 1.77. The first-order chi connectivity index (χ1) is 9.29. The van der Waals surface area contributed by atoms with Crippen molar-refractivity contribution < 1.29 is 9.50 Å². The average Bonchev–Trinajstić information content (AvgIpc) is 2.36. The number of hydrogen-bond acceptors (Lipinski definition) is 4. The van der Waals surface area contributed by atoms with Gasteiger partial charge in [0.15, 0.2) is 5.82 Å². The molecule has 0 atom stereocenters. The Balaban J connectivity index is 2.61. The van der Waals surface area contributed by atoms with Crippen LogP contribution in [-0.2, 0) is 5.41 Å². The van der Waals surface area contributed by atoms with Gasteiger partial charge in [-0.25, -0.2) is 14.4 Å². The molecule has 1 aromatic heterocycles. The number of phenols is 1. The summed E-state index contributed by atoms with van der Waals surface area (Å²) in [5.41, 5.74) is 1.14. The lowest BCUT2D eigenvalue weighted by Crippen LogP contribution is -2.15. The Morgan fingerprint density at radius 3 is 2.35 bits per heavy atom. The third-order valence-electron chi connectivity index (χ3n) is 2.89. The van der Waals surface area contributed by atoms with E-state index >= 15 is 0 Å². The van der Waals surface area contributed by atoms with Crippen LogP contribution in [0, 0.1) is 5.82 Å². The lowest BCUT2D eigenvalue weighted by Gasteiger charge is -2.19. The molecular weight excluding hydrogens is 257 g/mol. The summed E-state index contributed by atoms with van der Waals surface area (Å²) in [6.07, 6.45) is 0. The lowest BCUT2D eigenvalue weighted by atomic mass is 9.92. The number of benzene rings is 1. The number of phenolic OH excluding ortho intramolecular Hbond substituents is 1. The number of rotatable bonds is 2. The Kier molecular flexibility index (Phi) is 3.61. The second-order valence-electron chi connectivity index (χ2n) is 5.66. The van der Waals surface area contributed by atoms with Gasteiger partial charge in [-0.2, -0.15) is 0 Å². The maximum absolute atomic E-state index is 13.4. The molecule has 0 spiro atoms. The molecule has 0 fully saturated rings. The lowest BCUT2D eigenvalue weighted by molar-refractivity contribution is 0.469. The Morgan fingerprint density at radius 1 is 1.10 bits per heavy atom. The summed E-state index contributed by atoms with van der Waals surface area (Å²) in [6, 6.07) is 5.67. The fourth-order valence-corrected chi connectivity index (χ4v) is 1.79. The predicted octanol–water partition coefficient (Wildman–Crippen LogP) is 3.33. The highest BCUT2D eigenvalue weighted by molar-refractivity contribution is 5.60. The fraction of sp³-hybridized carbons (Fsp3) is 0.333. The van der Waals surface area contributed by atoms with Crippen LogP contribution < -0.4 is 5.32 Å². The van der Waals surface area contributed by atoms with Crippen molar-refractivity contribution in [2.45, 2.75) is 26.2 Å². The molecule has 106 valence electrons. The maximum atomic E-state index is 13.4. The Labute approximate surface area is 117 Å². The van der Waals surface area contributed by atoms with Crippen molar-refractivity contribution in [2.75, 3.05) is 12.4 Å². The smallest absolute Gasteiger partial charge is 0.162 e. The van der Waals surface area contributed by atoms with E-state index < -0.39 is 5.82 Å². The first kappa shape index (κ1) is 14.2. The highest BCUT2D eigenvalue weighted by Gasteiger charge is 2.18. The highest BCUT2D eigenvalue weighted by atomic mass is 19.1. The molecule has 0 aliphatic heterocycles. The van der Waals surface area contributed by atoms with Crippen molar-refractivity contribution in [2.24, 2.45) is 0 Å². The molecule has 0 unspecified atom stereocenters. The normalized spacial score (nSPS) is 11.4. The van der Waals surface area contributed by atoms with Crippen molar-refractivity contribution in [1.29, 1.82) is 0 Å². The molecule has 0 radical (unpaired) electrons. The number of aromatic nitrogens is 2. The van der Waals surface area contributed by atoms with Crippen LogP contribution in [0.2, 0.25) is 0 Å². The van der Waals surface area contributed by atoms with Crippen LogP contribution in [-0.4, -0.2) is 22.1 Å². The zero-order valence-electron chi connectivity index (χ0n) is 12.0. The number of hydrogen-bond donors (Lipinski definition) is 2. The van der Waals surface area contributed by atoms with Crippen molar-refractivity contribution >= 4 is 5.82 Å². The van der Waals surface area contributed by atoms with Gasteiger partial charge in [0.1, 0.15) is 17.4 Å². The topological polar surface area (TPSA) is 58.0 Å². The van der Waals surface area contributed by atoms with Gasteiger partial charge in [0, 0.05) is 30.2 Å². The molecule has 20 heavy (non-hydrogen) atoms. The zero-order chi connectivity index (χ0) is 14.9. The van der Waals surface area contributed by atoms with E-state index in [4.69, 9.17) is 0 Å². The van der Waals surface area contributed by atoms with Gasteiger partial charge >= 0.3 is 0 Å². The van der Waals surface area contributed by atoms with Crippen molar-refractivity contribution in [3.05, 3.63) is 35.8 Å². The summed E-state index contributed by atoms with van der Waals surface area (Å²) in [5, 5.41) is 12.5. The minimum absolute atomic E-state index is 0.143. The molecule has 0 aliphatic rings. The Hall–Kier alpha value is -2.17. The third-order valence-corrected chi connectivity index (χ3v) is 2.89. The van der Waals surface area contributed by atoms with E-state index in [0.29, 0.717) is 17.2 Å². The summed E-state index contributed by atoms with van der Waals surface area (Å²) in [4.78, 5) is 8.79.